The van der Waals surface area contributed by atoms with E-state index in [1.54, 1.807) is 31.2 Å². The number of likely N-dealkylation sites (N-methyl/N-ethyl adjacent to an activating group) is 1. The third-order valence-electron chi connectivity index (χ3n) is 4.79. The number of nitrogens with one attached hydrogen (secondary N) is 3. The quantitative estimate of drug-likeness (QED) is 0.601. The zero-order valence-corrected chi connectivity index (χ0v) is 18.0. The molecule has 0 fully saturated rings. The lowest BCUT2D eigenvalue weighted by molar-refractivity contribution is -0.130. The minimum atomic E-state index is -1.25. The second kappa shape index (κ2) is 10.7. The van der Waals surface area contributed by atoms with Gasteiger partial charge in [-0.3, -0.25) is 14.4 Å². The molecule has 3 amide bonds. The Balaban J connectivity index is 2.27. The van der Waals surface area contributed by atoms with Crippen LogP contribution in [0.25, 0.3) is 0 Å². The number of benzene rings is 2. The van der Waals surface area contributed by atoms with Gasteiger partial charge in [-0.1, -0.05) is 38.1 Å². The van der Waals surface area contributed by atoms with E-state index in [9.17, 15) is 23.2 Å². The molecule has 0 saturated carbocycles. The zero-order chi connectivity index (χ0) is 23.1. The maximum absolute atomic E-state index is 13.7. The van der Waals surface area contributed by atoms with Crippen LogP contribution in [0.2, 0.25) is 0 Å². The molecule has 2 aromatic carbocycles. The van der Waals surface area contributed by atoms with Gasteiger partial charge in [-0.05, 0) is 48.6 Å². The topological polar surface area (TPSA) is 87.3 Å². The molecule has 0 bridgehead atoms. The highest BCUT2D eigenvalue weighted by molar-refractivity contribution is 5.99. The number of amides is 3. The van der Waals surface area contributed by atoms with Crippen molar-refractivity contribution in [3.05, 3.63) is 70.8 Å². The van der Waals surface area contributed by atoms with E-state index in [1.807, 2.05) is 13.8 Å². The molecule has 8 heteroatoms. The van der Waals surface area contributed by atoms with Gasteiger partial charge >= 0.3 is 0 Å². The lowest BCUT2D eigenvalue weighted by Crippen LogP contribution is -2.50. The summed E-state index contributed by atoms with van der Waals surface area (Å²) in [5, 5.41) is 7.68. The average molecular weight is 431 g/mol. The van der Waals surface area contributed by atoms with E-state index in [0.29, 0.717) is 12.0 Å². The molecule has 2 unspecified atom stereocenters. The van der Waals surface area contributed by atoms with Crippen molar-refractivity contribution in [2.24, 2.45) is 5.92 Å². The van der Waals surface area contributed by atoms with E-state index in [1.165, 1.54) is 13.1 Å². The molecule has 166 valence electrons. The number of carbonyl (C=O) groups excluding carboxylic acids is 3. The summed E-state index contributed by atoms with van der Waals surface area (Å²) in [6.45, 7) is 5.58. The Morgan fingerprint density at radius 3 is 2.19 bits per heavy atom. The molecule has 6 nitrogen and oxygen atoms in total. The normalized spacial score (nSPS) is 12.7. The molecular formula is C23H27F2N3O3. The Bertz CT molecular complexity index is 963. The monoisotopic (exact) mass is 431 g/mol. The fourth-order valence-corrected chi connectivity index (χ4v) is 3.15. The van der Waals surface area contributed by atoms with E-state index < -0.39 is 41.4 Å². The summed E-state index contributed by atoms with van der Waals surface area (Å²) in [4.78, 5) is 38.1. The average Bonchev–Trinajstić information content (AvgIpc) is 2.72. The molecule has 2 aromatic rings. The summed E-state index contributed by atoms with van der Waals surface area (Å²) in [6.07, 6.45) is 0.321. The number of carbonyl (C=O) groups is 3. The Hall–Kier alpha value is -3.29. The highest BCUT2D eigenvalue weighted by atomic mass is 19.2. The summed E-state index contributed by atoms with van der Waals surface area (Å²) in [7, 11) is 1.37. The Labute approximate surface area is 180 Å². The molecule has 0 aliphatic heterocycles. The van der Waals surface area contributed by atoms with Crippen LogP contribution in [0.1, 0.15) is 47.8 Å². The molecule has 31 heavy (non-hydrogen) atoms. The summed E-state index contributed by atoms with van der Waals surface area (Å²) in [5.41, 5.74) is 1.28. The maximum Gasteiger partial charge on any atom is 0.252 e. The largest absolute Gasteiger partial charge is 0.357 e. The van der Waals surface area contributed by atoms with Gasteiger partial charge in [-0.25, -0.2) is 8.78 Å². The Morgan fingerprint density at radius 1 is 0.935 bits per heavy atom. The maximum atomic E-state index is 13.7. The van der Waals surface area contributed by atoms with Gasteiger partial charge in [0, 0.05) is 12.6 Å². The van der Waals surface area contributed by atoms with Crippen LogP contribution in [0.15, 0.2) is 42.5 Å². The van der Waals surface area contributed by atoms with Gasteiger partial charge in [0.25, 0.3) is 5.91 Å². The minimum Gasteiger partial charge on any atom is -0.357 e. The van der Waals surface area contributed by atoms with Crippen LogP contribution in [0, 0.1) is 24.5 Å². The molecule has 0 saturated heterocycles. The number of halogens is 2. The van der Waals surface area contributed by atoms with Gasteiger partial charge < -0.3 is 16.0 Å². The van der Waals surface area contributed by atoms with Crippen LogP contribution in [-0.2, 0) is 9.59 Å². The van der Waals surface area contributed by atoms with Crippen molar-refractivity contribution >= 4 is 17.7 Å². The fraction of sp³-hybridized carbons (Fsp3) is 0.348. The summed E-state index contributed by atoms with van der Waals surface area (Å²) < 4.78 is 27.0. The van der Waals surface area contributed by atoms with Crippen molar-refractivity contribution in [1.29, 1.82) is 0 Å². The molecular weight excluding hydrogens is 404 g/mol. The molecule has 0 aromatic heterocycles. The van der Waals surface area contributed by atoms with Crippen molar-refractivity contribution in [2.45, 2.75) is 39.3 Å². The van der Waals surface area contributed by atoms with Gasteiger partial charge in [0.15, 0.2) is 11.6 Å². The molecule has 2 rings (SSSR count). The third kappa shape index (κ3) is 6.34. The molecule has 0 spiro atoms. The van der Waals surface area contributed by atoms with Crippen LogP contribution in [0.5, 0.6) is 0 Å². The van der Waals surface area contributed by atoms with Crippen molar-refractivity contribution < 1.29 is 23.2 Å². The van der Waals surface area contributed by atoms with Crippen molar-refractivity contribution in [1.82, 2.24) is 16.0 Å². The number of aryl methyl sites for hydroxylation is 1. The first-order chi connectivity index (χ1) is 14.6. The summed E-state index contributed by atoms with van der Waals surface area (Å²) in [5.74, 6) is -3.75. The van der Waals surface area contributed by atoms with Crippen LogP contribution >= 0.6 is 0 Å². The first-order valence-electron chi connectivity index (χ1n) is 9.97. The van der Waals surface area contributed by atoms with Gasteiger partial charge in [0.2, 0.25) is 11.8 Å². The van der Waals surface area contributed by atoms with Crippen molar-refractivity contribution in [2.75, 3.05) is 7.05 Å². The molecule has 0 radical (unpaired) electrons. The van der Waals surface area contributed by atoms with E-state index in [4.69, 9.17) is 0 Å². The first kappa shape index (κ1) is 24.0. The lowest BCUT2D eigenvalue weighted by Gasteiger charge is -2.24. The highest BCUT2D eigenvalue weighted by Gasteiger charge is 2.29. The van der Waals surface area contributed by atoms with Crippen molar-refractivity contribution in [3.63, 3.8) is 0 Å². The summed E-state index contributed by atoms with van der Waals surface area (Å²) >= 11 is 0. The van der Waals surface area contributed by atoms with Gasteiger partial charge in [-0.15, -0.1) is 0 Å². The molecule has 0 aliphatic rings. The number of rotatable bonds is 8. The third-order valence-corrected chi connectivity index (χ3v) is 4.79. The molecule has 0 heterocycles. The highest BCUT2D eigenvalue weighted by Crippen LogP contribution is 2.18. The molecule has 0 aliphatic carbocycles. The first-order valence-corrected chi connectivity index (χ1v) is 9.97. The second-order valence-corrected chi connectivity index (χ2v) is 7.70. The van der Waals surface area contributed by atoms with Crippen molar-refractivity contribution in [3.8, 4) is 0 Å². The molecule has 2 atom stereocenters. The fourth-order valence-electron chi connectivity index (χ4n) is 3.15. The Kier molecular flexibility index (Phi) is 8.24. The van der Waals surface area contributed by atoms with Gasteiger partial charge in [-0.2, -0.15) is 0 Å². The van der Waals surface area contributed by atoms with Crippen LogP contribution in [-0.4, -0.2) is 30.8 Å². The van der Waals surface area contributed by atoms with Gasteiger partial charge in [0.1, 0.15) is 12.1 Å². The minimum absolute atomic E-state index is 0.0645. The lowest BCUT2D eigenvalue weighted by atomic mass is 10.00. The zero-order valence-electron chi connectivity index (χ0n) is 18.0. The summed E-state index contributed by atoms with van der Waals surface area (Å²) in [6, 6.07) is 7.77. The van der Waals surface area contributed by atoms with E-state index >= 15 is 0 Å². The smallest absolute Gasteiger partial charge is 0.252 e. The predicted octanol–water partition coefficient (Wildman–Crippen LogP) is 3.02. The Morgan fingerprint density at radius 2 is 1.61 bits per heavy atom. The number of hydrogen-bond donors (Lipinski definition) is 3. The van der Waals surface area contributed by atoms with Crippen LogP contribution < -0.4 is 16.0 Å². The standard InChI is InChI=1S/C23H27F2N3O3/c1-13(2)11-19(27-21(29)16-8-6-5-7-14(16)3)22(30)28-20(23(31)26-4)15-9-10-17(24)18(25)12-15/h5-10,12-13,19-20H,11H2,1-4H3,(H,26,31)(H,27,29)(H,28,30). The van der Waals surface area contributed by atoms with Gasteiger partial charge in [0.05, 0.1) is 0 Å². The molecule has 3 N–H and O–H groups in total. The van der Waals surface area contributed by atoms with Crippen LogP contribution in [0.3, 0.4) is 0 Å². The van der Waals surface area contributed by atoms with Crippen LogP contribution in [0.4, 0.5) is 8.78 Å². The SMILES string of the molecule is CNC(=O)C(NC(=O)C(CC(C)C)NC(=O)c1ccccc1C)c1ccc(F)c(F)c1. The predicted molar refractivity (Wildman–Crippen MR) is 113 cm³/mol. The van der Waals surface area contributed by atoms with E-state index in [-0.39, 0.29) is 11.5 Å². The number of hydrogen-bond acceptors (Lipinski definition) is 3. The van der Waals surface area contributed by atoms with E-state index in [0.717, 1.165) is 17.7 Å². The van der Waals surface area contributed by atoms with E-state index in [2.05, 4.69) is 16.0 Å². The second-order valence-electron chi connectivity index (χ2n) is 7.70.